The molecule has 2 aliphatic rings. The van der Waals surface area contributed by atoms with Gasteiger partial charge >= 0.3 is 11.9 Å². The summed E-state index contributed by atoms with van der Waals surface area (Å²) in [6.45, 7) is 7.94. The van der Waals surface area contributed by atoms with Crippen LogP contribution in [0.15, 0.2) is 71.9 Å². The van der Waals surface area contributed by atoms with Crippen molar-refractivity contribution in [3.05, 3.63) is 93.8 Å². The van der Waals surface area contributed by atoms with Gasteiger partial charge in [-0.25, -0.2) is 12.8 Å². The van der Waals surface area contributed by atoms with Gasteiger partial charge in [0.25, 0.3) is 6.57 Å². The van der Waals surface area contributed by atoms with E-state index in [1.807, 2.05) is 12.1 Å². The molecular weight excluding hydrogens is 593 g/mol. The smallest absolute Gasteiger partial charge is 0.358 e. The first-order valence-electron chi connectivity index (χ1n) is 14.2. The van der Waals surface area contributed by atoms with Crippen LogP contribution in [-0.2, 0) is 31.4 Å². The van der Waals surface area contributed by atoms with Gasteiger partial charge in [-0.3, -0.25) is 9.78 Å². The average Bonchev–Trinajstić information content (AvgIpc) is 3.02. The molecule has 2 aromatic carbocycles. The molecule has 3 aromatic rings. The van der Waals surface area contributed by atoms with Crippen molar-refractivity contribution >= 4 is 33.2 Å². The Kier molecular flexibility index (Phi) is 9.74. The molecule has 9 nitrogen and oxygen atoms in total. The minimum Gasteiger partial charge on any atom is -0.381 e. The standard InChI is InChI=1S/C31H33ClFN5O4S/c1-34-29(31(13-17-42-18-14-31)22-7-9-23(32)10-8-22)30(39)37-28-21-36-20-27(33)26(28)12-11-24-19-35-15-16-38(24)43(40,41)25-5-3-2-4-6-25/h1-10,20-21,24,29,35H,11-19H2/p+1. The molecule has 0 bridgehead atoms. The second kappa shape index (κ2) is 13.5. The molecule has 3 heterocycles. The second-order valence-corrected chi connectivity index (χ2v) is 13.1. The first kappa shape index (κ1) is 31.0. The van der Waals surface area contributed by atoms with Crippen LogP contribution in [0.3, 0.4) is 0 Å². The van der Waals surface area contributed by atoms with E-state index in [-0.39, 0.29) is 22.6 Å². The van der Waals surface area contributed by atoms with Gasteiger partial charge in [-0.2, -0.15) is 4.31 Å². The predicted octanol–water partition coefficient (Wildman–Crippen LogP) is 4.49. The van der Waals surface area contributed by atoms with Gasteiger partial charge < -0.3 is 15.4 Å². The minimum atomic E-state index is -3.75. The molecule has 12 heteroatoms. The van der Waals surface area contributed by atoms with Crippen molar-refractivity contribution in [2.45, 2.75) is 48.1 Å². The van der Waals surface area contributed by atoms with Crippen molar-refractivity contribution in [1.29, 1.82) is 0 Å². The molecule has 0 spiro atoms. The van der Waals surface area contributed by atoms with E-state index in [1.165, 1.54) is 10.5 Å². The van der Waals surface area contributed by atoms with Gasteiger partial charge in [0.15, 0.2) is 0 Å². The second-order valence-electron chi connectivity index (χ2n) is 10.8. The normalized spacial score (nSPS) is 19.7. The van der Waals surface area contributed by atoms with Gasteiger partial charge in [-0.05, 0) is 55.5 Å². The Hall–Kier alpha value is -3.40. The van der Waals surface area contributed by atoms with Crippen molar-refractivity contribution in [2.75, 3.05) is 38.2 Å². The SMILES string of the molecule is C#[N+]C(C(=O)Nc1cncc(F)c1CCC1CNCCN1S(=O)(=O)c1ccccc1)C1(c2ccc(Cl)cc2)CCOCC1. The van der Waals surface area contributed by atoms with E-state index >= 15 is 4.39 Å². The van der Waals surface area contributed by atoms with E-state index in [0.717, 1.165) is 11.8 Å². The number of carbonyl (C=O) groups excluding carboxylic acids is 1. The zero-order chi connectivity index (χ0) is 30.5. The van der Waals surface area contributed by atoms with Gasteiger partial charge in [0.05, 0.1) is 28.4 Å². The molecule has 2 saturated heterocycles. The molecule has 43 heavy (non-hydrogen) atoms. The number of nitrogens with zero attached hydrogens (tertiary/aromatic N) is 3. The third-order valence-corrected chi connectivity index (χ3v) is 10.6. The lowest BCUT2D eigenvalue weighted by molar-refractivity contribution is -0.118. The number of anilines is 1. The fourth-order valence-corrected chi connectivity index (χ4v) is 7.87. The van der Waals surface area contributed by atoms with Crippen LogP contribution in [0.25, 0.3) is 4.85 Å². The number of ether oxygens (including phenoxy) is 1. The fourth-order valence-electron chi connectivity index (χ4n) is 6.07. The Morgan fingerprint density at radius 1 is 1.19 bits per heavy atom. The van der Waals surface area contributed by atoms with E-state index in [1.54, 1.807) is 42.5 Å². The highest BCUT2D eigenvalue weighted by Gasteiger charge is 2.53. The number of benzene rings is 2. The van der Waals surface area contributed by atoms with E-state index in [2.05, 4.69) is 20.5 Å². The Morgan fingerprint density at radius 3 is 2.60 bits per heavy atom. The van der Waals surface area contributed by atoms with Crippen LogP contribution in [0.2, 0.25) is 5.02 Å². The lowest BCUT2D eigenvalue weighted by Crippen LogP contribution is -2.53. The fraction of sp³-hybridized carbons (Fsp3) is 0.387. The molecule has 1 amide bonds. The van der Waals surface area contributed by atoms with E-state index in [0.29, 0.717) is 57.1 Å². The topological polar surface area (TPSA) is 105 Å². The number of aromatic nitrogens is 1. The zero-order valence-corrected chi connectivity index (χ0v) is 25.2. The highest BCUT2D eigenvalue weighted by atomic mass is 35.5. The van der Waals surface area contributed by atoms with Crippen molar-refractivity contribution in [2.24, 2.45) is 0 Å². The third kappa shape index (κ3) is 6.59. The molecule has 2 aliphatic heterocycles. The molecule has 1 aromatic heterocycles. The molecule has 226 valence electrons. The van der Waals surface area contributed by atoms with E-state index in [4.69, 9.17) is 22.9 Å². The number of carbonyl (C=O) groups is 1. The first-order chi connectivity index (χ1) is 20.8. The van der Waals surface area contributed by atoms with Crippen LogP contribution >= 0.6 is 11.6 Å². The quantitative estimate of drug-likeness (QED) is 0.363. The summed E-state index contributed by atoms with van der Waals surface area (Å²) in [5, 5.41) is 6.64. The Labute approximate surface area is 256 Å². The maximum atomic E-state index is 15.2. The van der Waals surface area contributed by atoms with Crippen molar-refractivity contribution in [3.8, 4) is 6.57 Å². The molecule has 2 atom stereocenters. The zero-order valence-electron chi connectivity index (χ0n) is 23.6. The number of nitrogens with one attached hydrogen (secondary N) is 2. The number of hydrogen-bond donors (Lipinski definition) is 2. The lowest BCUT2D eigenvalue weighted by Gasteiger charge is -2.36. The third-order valence-electron chi connectivity index (χ3n) is 8.36. The molecule has 0 aliphatic carbocycles. The van der Waals surface area contributed by atoms with Gasteiger partial charge in [0.2, 0.25) is 10.0 Å². The van der Waals surface area contributed by atoms with Gasteiger partial charge in [-0.1, -0.05) is 46.8 Å². The van der Waals surface area contributed by atoms with Crippen LogP contribution < -0.4 is 10.6 Å². The maximum Gasteiger partial charge on any atom is 0.358 e. The Balaban J connectivity index is 1.37. The highest BCUT2D eigenvalue weighted by Crippen LogP contribution is 2.41. The maximum absolute atomic E-state index is 15.2. The Morgan fingerprint density at radius 2 is 1.91 bits per heavy atom. The predicted molar refractivity (Wildman–Crippen MR) is 163 cm³/mol. The molecule has 2 fully saturated rings. The number of hydrogen-bond acceptors (Lipinski definition) is 6. The summed E-state index contributed by atoms with van der Waals surface area (Å²) >= 11 is 6.13. The molecule has 2 N–H and O–H groups in total. The summed E-state index contributed by atoms with van der Waals surface area (Å²) in [5.41, 5.74) is 0.534. The number of piperazine rings is 1. The van der Waals surface area contributed by atoms with Crippen molar-refractivity contribution < 1.29 is 22.3 Å². The van der Waals surface area contributed by atoms with Gasteiger partial charge in [-0.15, -0.1) is 0 Å². The number of rotatable bonds is 9. The summed E-state index contributed by atoms with van der Waals surface area (Å²) in [6, 6.07) is 14.1. The number of amides is 1. The number of pyridine rings is 1. The van der Waals surface area contributed by atoms with Crippen LogP contribution in [0.1, 0.15) is 30.4 Å². The molecule has 5 rings (SSSR count). The average molecular weight is 627 g/mol. The largest absolute Gasteiger partial charge is 0.381 e. The van der Waals surface area contributed by atoms with Gasteiger partial charge in [0.1, 0.15) is 5.82 Å². The minimum absolute atomic E-state index is 0.164. The summed E-state index contributed by atoms with van der Waals surface area (Å²) in [6.07, 6.45) is 3.96. The van der Waals surface area contributed by atoms with Crippen molar-refractivity contribution in [1.82, 2.24) is 14.6 Å². The highest BCUT2D eigenvalue weighted by molar-refractivity contribution is 7.89. The molecule has 0 radical (unpaired) electrons. The monoisotopic (exact) mass is 626 g/mol. The van der Waals surface area contributed by atoms with Crippen LogP contribution in [0.4, 0.5) is 10.1 Å². The molecular formula is C31H34ClFN5O4S+. The number of halogens is 2. The summed E-state index contributed by atoms with van der Waals surface area (Å²) < 4.78 is 49.2. The number of sulfonamides is 1. The van der Waals surface area contributed by atoms with Gasteiger partial charge in [0, 0.05) is 49.5 Å². The van der Waals surface area contributed by atoms with Crippen LogP contribution in [0.5, 0.6) is 0 Å². The summed E-state index contributed by atoms with van der Waals surface area (Å²) in [4.78, 5) is 22.0. The lowest BCUT2D eigenvalue weighted by atomic mass is 9.68. The Bertz CT molecular complexity index is 1580. The summed E-state index contributed by atoms with van der Waals surface area (Å²) in [5.74, 6) is -1.10. The van der Waals surface area contributed by atoms with Crippen molar-refractivity contribution in [3.63, 3.8) is 0 Å². The van der Waals surface area contributed by atoms with Crippen LogP contribution in [0, 0.1) is 12.4 Å². The summed E-state index contributed by atoms with van der Waals surface area (Å²) in [7, 11) is -3.75. The van der Waals surface area contributed by atoms with E-state index < -0.39 is 39.2 Å². The first-order valence-corrected chi connectivity index (χ1v) is 16.0. The molecule has 0 saturated carbocycles. The van der Waals surface area contributed by atoms with E-state index in [9.17, 15) is 13.2 Å². The molecule has 2 unspecified atom stereocenters. The van der Waals surface area contributed by atoms with Crippen LogP contribution in [-0.4, -0.2) is 68.5 Å².